The molecule has 4 rings (SSSR count). The summed E-state index contributed by atoms with van der Waals surface area (Å²) in [6.07, 6.45) is 6.20. The highest BCUT2D eigenvalue weighted by Crippen LogP contribution is 2.27. The summed E-state index contributed by atoms with van der Waals surface area (Å²) in [5, 5.41) is 3.63. The van der Waals surface area contributed by atoms with Crippen molar-refractivity contribution in [3.63, 3.8) is 0 Å². The SMILES string of the molecule is Cc1sc(-c2ccco2)nc1C(=O)NCCc1cn2ccccc2n1. The first kappa shape index (κ1) is 15.6. The fourth-order valence-corrected chi connectivity index (χ4v) is 3.49. The molecule has 0 saturated carbocycles. The molecule has 0 aromatic carbocycles. The van der Waals surface area contributed by atoms with E-state index in [1.807, 2.05) is 48.0 Å². The number of thiazole rings is 1. The molecular weight excluding hydrogens is 336 g/mol. The number of nitrogens with one attached hydrogen (secondary N) is 1. The number of carbonyl (C=O) groups is 1. The number of imidazole rings is 1. The highest BCUT2D eigenvalue weighted by Gasteiger charge is 2.17. The van der Waals surface area contributed by atoms with Gasteiger partial charge in [0.15, 0.2) is 10.8 Å². The molecule has 126 valence electrons. The summed E-state index contributed by atoms with van der Waals surface area (Å²) < 4.78 is 7.31. The molecule has 6 nitrogen and oxygen atoms in total. The molecule has 4 aromatic rings. The molecule has 7 heteroatoms. The highest BCUT2D eigenvalue weighted by molar-refractivity contribution is 7.15. The van der Waals surface area contributed by atoms with Crippen molar-refractivity contribution >= 4 is 22.9 Å². The molecule has 4 heterocycles. The smallest absolute Gasteiger partial charge is 0.271 e. The van der Waals surface area contributed by atoms with Gasteiger partial charge in [-0.2, -0.15) is 0 Å². The fraction of sp³-hybridized carbons (Fsp3) is 0.167. The second-order valence-corrected chi connectivity index (χ2v) is 6.81. The van der Waals surface area contributed by atoms with E-state index in [9.17, 15) is 4.79 Å². The van der Waals surface area contributed by atoms with Crippen LogP contribution in [0.3, 0.4) is 0 Å². The zero-order valence-corrected chi connectivity index (χ0v) is 14.4. The number of pyridine rings is 1. The van der Waals surface area contributed by atoms with Crippen LogP contribution in [0, 0.1) is 6.92 Å². The zero-order valence-electron chi connectivity index (χ0n) is 13.6. The number of rotatable bonds is 5. The number of furan rings is 1. The van der Waals surface area contributed by atoms with Crippen molar-refractivity contribution in [1.29, 1.82) is 0 Å². The lowest BCUT2D eigenvalue weighted by Crippen LogP contribution is -2.26. The highest BCUT2D eigenvalue weighted by atomic mass is 32.1. The predicted octanol–water partition coefficient (Wildman–Crippen LogP) is 3.33. The Bertz CT molecular complexity index is 984. The van der Waals surface area contributed by atoms with E-state index in [4.69, 9.17) is 4.42 Å². The van der Waals surface area contributed by atoms with Crippen molar-refractivity contribution in [2.75, 3.05) is 6.54 Å². The van der Waals surface area contributed by atoms with Crippen LogP contribution in [0.15, 0.2) is 53.4 Å². The minimum Gasteiger partial charge on any atom is -0.462 e. The lowest BCUT2D eigenvalue weighted by molar-refractivity contribution is 0.0949. The molecule has 0 radical (unpaired) electrons. The summed E-state index contributed by atoms with van der Waals surface area (Å²) in [6, 6.07) is 9.51. The van der Waals surface area contributed by atoms with Gasteiger partial charge < -0.3 is 14.1 Å². The molecule has 4 aromatic heterocycles. The van der Waals surface area contributed by atoms with E-state index in [0.717, 1.165) is 16.2 Å². The number of hydrogen-bond donors (Lipinski definition) is 1. The van der Waals surface area contributed by atoms with Gasteiger partial charge in [0.1, 0.15) is 11.3 Å². The van der Waals surface area contributed by atoms with Gasteiger partial charge in [0.2, 0.25) is 0 Å². The molecule has 0 unspecified atom stereocenters. The number of aryl methyl sites for hydroxylation is 1. The molecule has 0 aliphatic carbocycles. The molecule has 0 spiro atoms. The normalized spacial score (nSPS) is 11.1. The summed E-state index contributed by atoms with van der Waals surface area (Å²) in [4.78, 5) is 22.2. The van der Waals surface area contributed by atoms with Crippen molar-refractivity contribution in [3.05, 3.63) is 65.3 Å². The number of hydrogen-bond acceptors (Lipinski definition) is 5. The molecule has 0 atom stereocenters. The van der Waals surface area contributed by atoms with Crippen molar-refractivity contribution in [3.8, 4) is 10.8 Å². The van der Waals surface area contributed by atoms with Gasteiger partial charge in [0.25, 0.3) is 5.91 Å². The lowest BCUT2D eigenvalue weighted by Gasteiger charge is -2.02. The number of nitrogens with zero attached hydrogens (tertiary/aromatic N) is 3. The Hall–Kier alpha value is -2.93. The van der Waals surface area contributed by atoms with E-state index < -0.39 is 0 Å². The molecule has 1 amide bonds. The molecule has 0 fully saturated rings. The zero-order chi connectivity index (χ0) is 17.2. The maximum atomic E-state index is 12.4. The summed E-state index contributed by atoms with van der Waals surface area (Å²) >= 11 is 1.45. The van der Waals surface area contributed by atoms with Crippen LogP contribution in [0.4, 0.5) is 0 Å². The predicted molar refractivity (Wildman–Crippen MR) is 95.8 cm³/mol. The van der Waals surface area contributed by atoms with E-state index in [1.54, 1.807) is 12.3 Å². The van der Waals surface area contributed by atoms with Gasteiger partial charge in [0.05, 0.1) is 12.0 Å². The monoisotopic (exact) mass is 352 g/mol. The first-order chi connectivity index (χ1) is 12.2. The average Bonchev–Trinajstić information content (AvgIpc) is 3.33. The Morgan fingerprint density at radius 2 is 2.20 bits per heavy atom. The Balaban J connectivity index is 1.40. The van der Waals surface area contributed by atoms with Crippen molar-refractivity contribution in [2.24, 2.45) is 0 Å². The number of amides is 1. The maximum Gasteiger partial charge on any atom is 0.271 e. The van der Waals surface area contributed by atoms with Gasteiger partial charge in [-0.15, -0.1) is 11.3 Å². The van der Waals surface area contributed by atoms with Crippen LogP contribution in [-0.2, 0) is 6.42 Å². The topological polar surface area (TPSA) is 72.4 Å². The Labute approximate surface area is 148 Å². The first-order valence-corrected chi connectivity index (χ1v) is 8.74. The van der Waals surface area contributed by atoms with Crippen LogP contribution >= 0.6 is 11.3 Å². The number of fused-ring (bicyclic) bond motifs is 1. The van der Waals surface area contributed by atoms with Gasteiger partial charge in [0, 0.05) is 30.2 Å². The standard InChI is InChI=1S/C18H16N4O2S/c1-12-16(21-18(25-12)14-5-4-10-24-14)17(23)19-8-7-13-11-22-9-3-2-6-15(22)20-13/h2-6,9-11H,7-8H2,1H3,(H,19,23). The summed E-state index contributed by atoms with van der Waals surface area (Å²) in [6.45, 7) is 2.40. The second-order valence-electron chi connectivity index (χ2n) is 5.61. The van der Waals surface area contributed by atoms with Crippen LogP contribution in [0.25, 0.3) is 16.4 Å². The first-order valence-electron chi connectivity index (χ1n) is 7.93. The average molecular weight is 352 g/mol. The summed E-state index contributed by atoms with van der Waals surface area (Å²) in [7, 11) is 0. The third-order valence-corrected chi connectivity index (χ3v) is 4.81. The summed E-state index contributed by atoms with van der Waals surface area (Å²) in [5.41, 5.74) is 2.30. The van der Waals surface area contributed by atoms with Gasteiger partial charge in [-0.1, -0.05) is 6.07 Å². The van der Waals surface area contributed by atoms with E-state index >= 15 is 0 Å². The number of aromatic nitrogens is 3. The Morgan fingerprint density at radius 3 is 3.00 bits per heavy atom. The molecule has 0 aliphatic rings. The van der Waals surface area contributed by atoms with Gasteiger partial charge in [-0.05, 0) is 31.2 Å². The third kappa shape index (κ3) is 3.18. The van der Waals surface area contributed by atoms with Crippen molar-refractivity contribution < 1.29 is 9.21 Å². The van der Waals surface area contributed by atoms with E-state index in [-0.39, 0.29) is 5.91 Å². The van der Waals surface area contributed by atoms with Crippen LogP contribution < -0.4 is 5.32 Å². The Kier molecular flexibility index (Phi) is 4.07. The van der Waals surface area contributed by atoms with Crippen LogP contribution in [0.5, 0.6) is 0 Å². The van der Waals surface area contributed by atoms with Crippen molar-refractivity contribution in [2.45, 2.75) is 13.3 Å². The van der Waals surface area contributed by atoms with E-state index in [0.29, 0.717) is 29.4 Å². The maximum absolute atomic E-state index is 12.4. The number of carbonyl (C=O) groups excluding carboxylic acids is 1. The largest absolute Gasteiger partial charge is 0.462 e. The van der Waals surface area contributed by atoms with Gasteiger partial charge >= 0.3 is 0 Å². The summed E-state index contributed by atoms with van der Waals surface area (Å²) in [5.74, 6) is 0.507. The van der Waals surface area contributed by atoms with Crippen LogP contribution in [-0.4, -0.2) is 26.8 Å². The molecule has 0 saturated heterocycles. The van der Waals surface area contributed by atoms with E-state index in [1.165, 1.54) is 11.3 Å². The van der Waals surface area contributed by atoms with Crippen LogP contribution in [0.2, 0.25) is 0 Å². The quantitative estimate of drug-likeness (QED) is 0.598. The minimum absolute atomic E-state index is 0.171. The van der Waals surface area contributed by atoms with Crippen LogP contribution in [0.1, 0.15) is 21.1 Å². The van der Waals surface area contributed by atoms with Crippen molar-refractivity contribution in [1.82, 2.24) is 19.7 Å². The van der Waals surface area contributed by atoms with Gasteiger partial charge in [-0.25, -0.2) is 9.97 Å². The molecule has 0 aliphatic heterocycles. The second kappa shape index (κ2) is 6.52. The third-order valence-electron chi connectivity index (χ3n) is 3.82. The Morgan fingerprint density at radius 1 is 1.28 bits per heavy atom. The fourth-order valence-electron chi connectivity index (χ4n) is 2.61. The minimum atomic E-state index is -0.171. The molecule has 0 bridgehead atoms. The molecule has 1 N–H and O–H groups in total. The van der Waals surface area contributed by atoms with Gasteiger partial charge in [-0.3, -0.25) is 4.79 Å². The molecule has 25 heavy (non-hydrogen) atoms. The lowest BCUT2D eigenvalue weighted by atomic mass is 10.3. The van der Waals surface area contributed by atoms with E-state index in [2.05, 4.69) is 15.3 Å². The molecular formula is C18H16N4O2S.